The van der Waals surface area contributed by atoms with E-state index >= 15 is 0 Å². The van der Waals surface area contributed by atoms with Gasteiger partial charge in [0.1, 0.15) is 0 Å². The molecule has 0 N–H and O–H groups in total. The van der Waals surface area contributed by atoms with Crippen LogP contribution in [0.1, 0.15) is 18.7 Å². The number of hydrogen-bond donors (Lipinski definition) is 0. The fourth-order valence-corrected chi connectivity index (χ4v) is 3.86. The highest BCUT2D eigenvalue weighted by atomic mass is 79.9. The predicted molar refractivity (Wildman–Crippen MR) is 75.0 cm³/mol. The molecule has 0 aliphatic carbocycles. The van der Waals surface area contributed by atoms with E-state index < -0.39 is 0 Å². The molecular weight excluding hydrogens is 322 g/mol. The SMILES string of the molecule is CC(C)N1C(=O)S/C(=C/c2cc(Br)cs2)C1=O. The molecule has 2 rings (SSSR count). The molecule has 1 aliphatic rings. The molecular formula is C11H10BrNO2S2. The first kappa shape index (κ1) is 12.9. The first-order chi connectivity index (χ1) is 7.99. The van der Waals surface area contributed by atoms with Crippen molar-refractivity contribution in [3.63, 3.8) is 0 Å². The van der Waals surface area contributed by atoms with E-state index in [1.165, 1.54) is 16.2 Å². The Hall–Kier alpha value is -0.590. The van der Waals surface area contributed by atoms with Gasteiger partial charge in [0.25, 0.3) is 11.1 Å². The van der Waals surface area contributed by atoms with E-state index in [2.05, 4.69) is 15.9 Å². The molecule has 0 radical (unpaired) electrons. The standard InChI is InChI=1S/C11H10BrNO2S2/c1-6(2)13-10(14)9(17-11(13)15)4-8-3-7(12)5-16-8/h3-6H,1-2H3/b9-4+. The lowest BCUT2D eigenvalue weighted by Gasteiger charge is -2.16. The van der Waals surface area contributed by atoms with E-state index in [1.807, 2.05) is 25.3 Å². The molecule has 1 aliphatic heterocycles. The lowest BCUT2D eigenvalue weighted by atomic mass is 10.3. The van der Waals surface area contributed by atoms with E-state index in [1.54, 1.807) is 6.08 Å². The third kappa shape index (κ3) is 2.64. The van der Waals surface area contributed by atoms with Gasteiger partial charge in [-0.25, -0.2) is 0 Å². The minimum absolute atomic E-state index is 0.0940. The van der Waals surface area contributed by atoms with Crippen LogP contribution in [0, 0.1) is 0 Å². The number of amides is 2. The van der Waals surface area contributed by atoms with Crippen LogP contribution in [0.2, 0.25) is 0 Å². The van der Waals surface area contributed by atoms with E-state index in [0.717, 1.165) is 21.1 Å². The fourth-order valence-electron chi connectivity index (χ4n) is 1.46. The molecule has 0 atom stereocenters. The molecule has 0 spiro atoms. The highest BCUT2D eigenvalue weighted by Gasteiger charge is 2.36. The largest absolute Gasteiger partial charge is 0.293 e. The van der Waals surface area contributed by atoms with Crippen molar-refractivity contribution in [3.05, 3.63) is 25.7 Å². The number of thioether (sulfide) groups is 1. The van der Waals surface area contributed by atoms with Gasteiger partial charge in [0, 0.05) is 20.8 Å². The maximum Gasteiger partial charge on any atom is 0.293 e. The summed E-state index contributed by atoms with van der Waals surface area (Å²) in [5.41, 5.74) is 0. The average Bonchev–Trinajstić information content (AvgIpc) is 2.73. The van der Waals surface area contributed by atoms with E-state index in [-0.39, 0.29) is 17.2 Å². The Morgan fingerprint density at radius 1 is 1.41 bits per heavy atom. The van der Waals surface area contributed by atoms with Crippen LogP contribution < -0.4 is 0 Å². The lowest BCUT2D eigenvalue weighted by molar-refractivity contribution is -0.123. The summed E-state index contributed by atoms with van der Waals surface area (Å²) in [7, 11) is 0. The summed E-state index contributed by atoms with van der Waals surface area (Å²) in [6.07, 6.45) is 1.77. The van der Waals surface area contributed by atoms with Crippen molar-refractivity contribution < 1.29 is 9.59 Å². The molecule has 1 aromatic rings. The third-order valence-corrected chi connectivity index (χ3v) is 4.73. The Morgan fingerprint density at radius 3 is 2.59 bits per heavy atom. The summed E-state index contributed by atoms with van der Waals surface area (Å²) in [6.45, 7) is 3.67. The highest BCUT2D eigenvalue weighted by Crippen LogP contribution is 2.34. The van der Waals surface area contributed by atoms with Gasteiger partial charge in [-0.05, 0) is 53.7 Å². The van der Waals surface area contributed by atoms with Crippen molar-refractivity contribution >= 4 is 56.3 Å². The molecule has 1 aromatic heterocycles. The molecule has 6 heteroatoms. The number of carbonyl (C=O) groups excluding carboxylic acids is 2. The summed E-state index contributed by atoms with van der Waals surface area (Å²) in [4.78, 5) is 26.4. The number of hydrogen-bond acceptors (Lipinski definition) is 4. The molecule has 0 unspecified atom stereocenters. The number of thiophene rings is 1. The molecule has 1 saturated heterocycles. The van der Waals surface area contributed by atoms with Gasteiger partial charge in [-0.1, -0.05) is 0 Å². The van der Waals surface area contributed by atoms with Gasteiger partial charge < -0.3 is 0 Å². The van der Waals surface area contributed by atoms with Gasteiger partial charge in [-0.2, -0.15) is 0 Å². The predicted octanol–water partition coefficient (Wildman–Crippen LogP) is 3.96. The number of halogens is 1. The van der Waals surface area contributed by atoms with Crippen LogP contribution in [-0.4, -0.2) is 22.1 Å². The molecule has 3 nitrogen and oxygen atoms in total. The maximum atomic E-state index is 12.0. The smallest absolute Gasteiger partial charge is 0.268 e. The Labute approximate surface area is 116 Å². The molecule has 1 fully saturated rings. The fraction of sp³-hybridized carbons (Fsp3) is 0.273. The van der Waals surface area contributed by atoms with Gasteiger partial charge >= 0.3 is 0 Å². The van der Waals surface area contributed by atoms with Gasteiger partial charge in [0.05, 0.1) is 4.91 Å². The minimum atomic E-state index is -0.195. The Balaban J connectivity index is 2.28. The zero-order valence-electron chi connectivity index (χ0n) is 9.27. The van der Waals surface area contributed by atoms with Crippen LogP contribution in [-0.2, 0) is 4.79 Å². The monoisotopic (exact) mass is 331 g/mol. The number of imide groups is 1. The topological polar surface area (TPSA) is 37.4 Å². The zero-order valence-corrected chi connectivity index (χ0v) is 12.5. The maximum absolute atomic E-state index is 12.0. The Kier molecular flexibility index (Phi) is 3.75. The zero-order chi connectivity index (χ0) is 12.6. The minimum Gasteiger partial charge on any atom is -0.268 e. The van der Waals surface area contributed by atoms with Crippen LogP contribution in [0.5, 0.6) is 0 Å². The van der Waals surface area contributed by atoms with E-state index in [4.69, 9.17) is 0 Å². The second-order valence-electron chi connectivity index (χ2n) is 3.81. The molecule has 17 heavy (non-hydrogen) atoms. The van der Waals surface area contributed by atoms with Crippen molar-refractivity contribution in [3.8, 4) is 0 Å². The Morgan fingerprint density at radius 2 is 2.12 bits per heavy atom. The van der Waals surface area contributed by atoms with Crippen molar-refractivity contribution in [2.24, 2.45) is 0 Å². The van der Waals surface area contributed by atoms with Crippen LogP contribution in [0.15, 0.2) is 20.8 Å². The second-order valence-corrected chi connectivity index (χ2v) is 6.66. The summed E-state index contributed by atoms with van der Waals surface area (Å²) in [5.74, 6) is -0.195. The molecule has 0 aromatic carbocycles. The van der Waals surface area contributed by atoms with Crippen LogP contribution in [0.25, 0.3) is 6.08 Å². The quantitative estimate of drug-likeness (QED) is 0.770. The van der Waals surface area contributed by atoms with Gasteiger partial charge in [0.15, 0.2) is 0 Å². The van der Waals surface area contributed by atoms with Gasteiger partial charge in [-0.15, -0.1) is 11.3 Å². The van der Waals surface area contributed by atoms with Crippen LogP contribution >= 0.6 is 39.0 Å². The summed E-state index contributed by atoms with van der Waals surface area (Å²) < 4.78 is 0.983. The van der Waals surface area contributed by atoms with Crippen LogP contribution in [0.4, 0.5) is 4.79 Å². The van der Waals surface area contributed by atoms with Gasteiger partial charge in [0.2, 0.25) is 0 Å². The van der Waals surface area contributed by atoms with Crippen molar-refractivity contribution in [1.29, 1.82) is 0 Å². The number of nitrogens with zero attached hydrogens (tertiary/aromatic N) is 1. The average molecular weight is 332 g/mol. The van der Waals surface area contributed by atoms with Crippen molar-refractivity contribution in [1.82, 2.24) is 4.90 Å². The normalized spacial score (nSPS) is 18.8. The van der Waals surface area contributed by atoms with E-state index in [0.29, 0.717) is 4.91 Å². The lowest BCUT2D eigenvalue weighted by Crippen LogP contribution is -2.34. The molecule has 0 saturated carbocycles. The molecule has 0 bridgehead atoms. The first-order valence-electron chi connectivity index (χ1n) is 5.00. The Bertz CT molecular complexity index is 507. The summed E-state index contributed by atoms with van der Waals surface area (Å²) in [6, 6.07) is 1.83. The molecule has 2 heterocycles. The summed E-state index contributed by atoms with van der Waals surface area (Å²) >= 11 is 5.89. The van der Waals surface area contributed by atoms with Crippen molar-refractivity contribution in [2.75, 3.05) is 0 Å². The molecule has 90 valence electrons. The van der Waals surface area contributed by atoms with Gasteiger partial charge in [-0.3, -0.25) is 14.5 Å². The first-order valence-corrected chi connectivity index (χ1v) is 7.49. The number of carbonyl (C=O) groups is 2. The second kappa shape index (κ2) is 4.96. The van der Waals surface area contributed by atoms with Crippen LogP contribution in [0.3, 0.4) is 0 Å². The van der Waals surface area contributed by atoms with E-state index in [9.17, 15) is 9.59 Å². The van der Waals surface area contributed by atoms with Crippen molar-refractivity contribution in [2.45, 2.75) is 19.9 Å². The summed E-state index contributed by atoms with van der Waals surface area (Å²) in [5, 5.41) is 1.75. The number of rotatable bonds is 2. The third-order valence-electron chi connectivity index (χ3n) is 2.20. The molecule has 2 amide bonds. The highest BCUT2D eigenvalue weighted by molar-refractivity contribution is 9.10.